The van der Waals surface area contributed by atoms with E-state index >= 15 is 0 Å². The molecular formula is C23H30N2O5. The lowest BCUT2D eigenvalue weighted by atomic mass is 9.88. The van der Waals surface area contributed by atoms with Gasteiger partial charge < -0.3 is 23.9 Å². The van der Waals surface area contributed by atoms with Gasteiger partial charge in [0, 0.05) is 31.7 Å². The molecule has 2 saturated heterocycles. The van der Waals surface area contributed by atoms with Gasteiger partial charge in [-0.3, -0.25) is 9.69 Å². The second-order valence-electron chi connectivity index (χ2n) is 8.10. The summed E-state index contributed by atoms with van der Waals surface area (Å²) >= 11 is 0. The van der Waals surface area contributed by atoms with Crippen molar-refractivity contribution in [2.75, 3.05) is 33.9 Å². The summed E-state index contributed by atoms with van der Waals surface area (Å²) in [5.41, 5.74) is 1.08. The molecule has 3 heterocycles. The number of furan rings is 1. The third-order valence-electron chi connectivity index (χ3n) is 6.22. The minimum Gasteiger partial charge on any atom is -0.497 e. The molecule has 1 N–H and O–H groups in total. The largest absolute Gasteiger partial charge is 0.497 e. The van der Waals surface area contributed by atoms with Crippen molar-refractivity contribution in [3.05, 3.63) is 47.9 Å². The van der Waals surface area contributed by atoms with Crippen LogP contribution in [0.2, 0.25) is 0 Å². The Labute approximate surface area is 177 Å². The van der Waals surface area contributed by atoms with Crippen molar-refractivity contribution in [1.82, 2.24) is 10.2 Å². The zero-order valence-corrected chi connectivity index (χ0v) is 17.7. The van der Waals surface area contributed by atoms with Crippen molar-refractivity contribution < 1.29 is 23.4 Å². The second-order valence-corrected chi connectivity index (χ2v) is 8.10. The van der Waals surface area contributed by atoms with Crippen LogP contribution in [0.1, 0.15) is 41.8 Å². The van der Waals surface area contributed by atoms with Gasteiger partial charge in [0.05, 0.1) is 32.2 Å². The lowest BCUT2D eigenvalue weighted by Crippen LogP contribution is -2.44. The van der Waals surface area contributed by atoms with Gasteiger partial charge >= 0.3 is 0 Å². The van der Waals surface area contributed by atoms with Crippen LogP contribution < -0.4 is 14.8 Å². The van der Waals surface area contributed by atoms with E-state index in [9.17, 15) is 4.79 Å². The first-order valence-electron chi connectivity index (χ1n) is 10.5. The maximum atomic E-state index is 12.1. The summed E-state index contributed by atoms with van der Waals surface area (Å²) in [5, 5.41) is 2.92. The van der Waals surface area contributed by atoms with Gasteiger partial charge in [0.15, 0.2) is 5.76 Å². The summed E-state index contributed by atoms with van der Waals surface area (Å²) in [5.74, 6) is 1.88. The number of ether oxygens (including phenoxy) is 3. The van der Waals surface area contributed by atoms with Crippen molar-refractivity contribution in [2.45, 2.75) is 43.9 Å². The van der Waals surface area contributed by atoms with Crippen LogP contribution in [0, 0.1) is 0 Å². The van der Waals surface area contributed by atoms with Crippen molar-refractivity contribution in [2.24, 2.45) is 0 Å². The molecule has 1 aromatic carbocycles. The van der Waals surface area contributed by atoms with Gasteiger partial charge in [-0.1, -0.05) is 0 Å². The Morgan fingerprint density at radius 1 is 1.20 bits per heavy atom. The average Bonchev–Trinajstić information content (AvgIpc) is 3.45. The molecule has 1 spiro atoms. The number of carbonyl (C=O) groups excluding carboxylic acids is 1. The molecule has 7 nitrogen and oxygen atoms in total. The van der Waals surface area contributed by atoms with Gasteiger partial charge in [0.2, 0.25) is 0 Å². The Bertz CT molecular complexity index is 843. The number of piperidine rings is 1. The number of likely N-dealkylation sites (tertiary alicyclic amines) is 1. The fraction of sp³-hybridized carbons (Fsp3) is 0.522. The molecule has 2 aliphatic heterocycles. The molecule has 1 amide bonds. The Balaban J connectivity index is 1.27. The van der Waals surface area contributed by atoms with Crippen LogP contribution in [-0.2, 0) is 11.3 Å². The zero-order chi connectivity index (χ0) is 21.0. The third-order valence-corrected chi connectivity index (χ3v) is 6.22. The molecular weight excluding hydrogens is 384 g/mol. The van der Waals surface area contributed by atoms with E-state index in [1.807, 2.05) is 18.2 Å². The third kappa shape index (κ3) is 4.63. The normalized spacial score (nSPS) is 20.9. The molecule has 0 bridgehead atoms. The Morgan fingerprint density at radius 2 is 2.03 bits per heavy atom. The number of hydrogen-bond donors (Lipinski definition) is 1. The number of benzene rings is 1. The van der Waals surface area contributed by atoms with Gasteiger partial charge in [-0.15, -0.1) is 0 Å². The van der Waals surface area contributed by atoms with Crippen LogP contribution in [-0.4, -0.2) is 56.4 Å². The number of nitrogens with zero attached hydrogens (tertiary/aromatic N) is 1. The van der Waals surface area contributed by atoms with Crippen LogP contribution >= 0.6 is 0 Å². The van der Waals surface area contributed by atoms with E-state index in [1.54, 1.807) is 26.4 Å². The predicted molar refractivity (Wildman–Crippen MR) is 112 cm³/mol. The SMILES string of the molecule is COc1ccc(OC)c(CN2CCC3(CCC(CNC(=O)c4ccco4)O3)CC2)c1. The standard InChI is InChI=1S/C23H30N2O5/c1-27-18-5-6-20(28-2)17(14-18)16-25-11-9-23(10-12-25)8-7-19(30-23)15-24-22(26)21-4-3-13-29-21/h3-6,13-14,19H,7-12,15-16H2,1-2H3,(H,24,26). The van der Waals surface area contributed by atoms with E-state index in [4.69, 9.17) is 18.6 Å². The van der Waals surface area contributed by atoms with Crippen LogP contribution in [0.4, 0.5) is 0 Å². The van der Waals surface area contributed by atoms with Crippen LogP contribution in [0.3, 0.4) is 0 Å². The van der Waals surface area contributed by atoms with Crippen molar-refractivity contribution in [1.29, 1.82) is 0 Å². The van der Waals surface area contributed by atoms with Gasteiger partial charge in [-0.25, -0.2) is 0 Å². The minimum absolute atomic E-state index is 0.0605. The topological polar surface area (TPSA) is 73.2 Å². The monoisotopic (exact) mass is 414 g/mol. The van der Waals surface area contributed by atoms with E-state index in [-0.39, 0.29) is 17.6 Å². The smallest absolute Gasteiger partial charge is 0.287 e. The van der Waals surface area contributed by atoms with Crippen LogP contribution in [0.25, 0.3) is 0 Å². The fourth-order valence-corrected chi connectivity index (χ4v) is 4.47. The Hall–Kier alpha value is -2.51. The second kappa shape index (κ2) is 9.10. The molecule has 2 aromatic rings. The number of methoxy groups -OCH3 is 2. The van der Waals surface area contributed by atoms with Crippen molar-refractivity contribution in [3.63, 3.8) is 0 Å². The highest BCUT2D eigenvalue weighted by Gasteiger charge is 2.42. The summed E-state index contributed by atoms with van der Waals surface area (Å²) in [4.78, 5) is 14.5. The van der Waals surface area contributed by atoms with Crippen LogP contribution in [0.15, 0.2) is 41.0 Å². The molecule has 0 aliphatic carbocycles. The van der Waals surface area contributed by atoms with Gasteiger partial charge in [-0.05, 0) is 56.0 Å². The summed E-state index contributed by atoms with van der Waals surface area (Å²) < 4.78 is 22.4. The number of carbonyl (C=O) groups is 1. The first-order valence-corrected chi connectivity index (χ1v) is 10.5. The molecule has 2 aliphatic rings. The summed E-state index contributed by atoms with van der Waals surface area (Å²) in [6.45, 7) is 3.31. The Morgan fingerprint density at radius 3 is 2.73 bits per heavy atom. The van der Waals surface area contributed by atoms with E-state index < -0.39 is 0 Å². The molecule has 1 atom stereocenters. The maximum absolute atomic E-state index is 12.1. The molecule has 4 rings (SSSR count). The number of rotatable bonds is 7. The molecule has 2 fully saturated rings. The highest BCUT2D eigenvalue weighted by molar-refractivity contribution is 5.91. The first-order chi connectivity index (χ1) is 14.6. The molecule has 1 unspecified atom stereocenters. The minimum atomic E-state index is -0.188. The van der Waals surface area contributed by atoms with Gasteiger partial charge in [-0.2, -0.15) is 0 Å². The lowest BCUT2D eigenvalue weighted by Gasteiger charge is -2.39. The van der Waals surface area contributed by atoms with Crippen LogP contribution in [0.5, 0.6) is 11.5 Å². The quantitative estimate of drug-likeness (QED) is 0.750. The van der Waals surface area contributed by atoms with E-state index in [1.165, 1.54) is 6.26 Å². The summed E-state index contributed by atoms with van der Waals surface area (Å²) in [7, 11) is 3.38. The first kappa shape index (κ1) is 20.8. The highest BCUT2D eigenvalue weighted by atomic mass is 16.5. The van der Waals surface area contributed by atoms with E-state index in [0.29, 0.717) is 12.3 Å². The molecule has 162 valence electrons. The highest BCUT2D eigenvalue weighted by Crippen LogP contribution is 2.39. The Kier molecular flexibility index (Phi) is 6.29. The number of hydrogen-bond acceptors (Lipinski definition) is 6. The lowest BCUT2D eigenvalue weighted by molar-refractivity contribution is -0.0765. The maximum Gasteiger partial charge on any atom is 0.287 e. The zero-order valence-electron chi connectivity index (χ0n) is 17.7. The summed E-state index contributed by atoms with van der Waals surface area (Å²) in [6.07, 6.45) is 5.59. The van der Waals surface area contributed by atoms with Gasteiger partial charge in [0.25, 0.3) is 5.91 Å². The molecule has 7 heteroatoms. The van der Waals surface area contributed by atoms with Gasteiger partial charge in [0.1, 0.15) is 11.5 Å². The number of nitrogens with one attached hydrogen (secondary N) is 1. The summed E-state index contributed by atoms with van der Waals surface area (Å²) in [6, 6.07) is 9.31. The predicted octanol–water partition coefficient (Wildman–Crippen LogP) is 3.24. The molecule has 0 radical (unpaired) electrons. The molecule has 1 aromatic heterocycles. The van der Waals surface area contributed by atoms with E-state index in [2.05, 4.69) is 10.2 Å². The van der Waals surface area contributed by atoms with E-state index in [0.717, 1.165) is 62.4 Å². The fourth-order valence-electron chi connectivity index (χ4n) is 4.47. The van der Waals surface area contributed by atoms with Crippen molar-refractivity contribution >= 4 is 5.91 Å². The average molecular weight is 415 g/mol. The number of amides is 1. The molecule has 0 saturated carbocycles. The van der Waals surface area contributed by atoms with Crippen molar-refractivity contribution in [3.8, 4) is 11.5 Å². The molecule has 30 heavy (non-hydrogen) atoms.